The molecule has 14 N–H and O–H groups in total. The Morgan fingerprint density at radius 2 is 0.730 bits per heavy atom. The number of carboxylic acids is 6. The number of hydrogen-bond donors (Lipinski definition) is 14. The summed E-state index contributed by atoms with van der Waals surface area (Å²) in [5, 5.41) is 116. The van der Waals surface area contributed by atoms with Crippen LogP contribution >= 0.6 is 191 Å². The highest BCUT2D eigenvalue weighted by Gasteiger charge is 2.23. The molecule has 141 heavy (non-hydrogen) atoms. The number of anilines is 1. The van der Waals surface area contributed by atoms with Crippen molar-refractivity contribution in [2.75, 3.05) is 18.5 Å². The first-order valence-corrected chi connectivity index (χ1v) is 50.7. The molecule has 0 atom stereocenters. The summed E-state index contributed by atoms with van der Waals surface area (Å²) < 4.78 is 39.7. The maximum atomic E-state index is 11.9. The van der Waals surface area contributed by atoms with Gasteiger partial charge < -0.3 is 100 Å². The molecule has 0 spiro atoms. The van der Waals surface area contributed by atoms with Crippen LogP contribution in [0.15, 0.2) is 197 Å². The summed E-state index contributed by atoms with van der Waals surface area (Å²) >= 11 is 42.0. The maximum Gasteiger partial charge on any atom is 0.341 e. The molecule has 28 nitrogen and oxygen atoms in total. The van der Waals surface area contributed by atoms with Gasteiger partial charge in [-0.2, -0.15) is 0 Å². The monoisotopic (exact) mass is 2700 g/mol. The van der Waals surface area contributed by atoms with Gasteiger partial charge in [0.05, 0.1) is 59.7 Å². The fourth-order valence-electron chi connectivity index (χ4n) is 12.9. The lowest BCUT2D eigenvalue weighted by Gasteiger charge is -2.15. The number of aromatic hydroxyl groups is 6. The molecule has 0 aliphatic carbocycles. The van der Waals surface area contributed by atoms with Crippen molar-refractivity contribution < 1.29 is 128 Å². The lowest BCUT2D eigenvalue weighted by Crippen LogP contribution is -2.29. The zero-order valence-electron chi connectivity index (χ0n) is 76.6. The van der Waals surface area contributed by atoms with Crippen molar-refractivity contribution in [2.45, 2.75) is 131 Å². The number of aryl methyl sites for hydroxylation is 3. The van der Waals surface area contributed by atoms with Gasteiger partial charge in [-0.05, 0) is 416 Å². The molecule has 0 aromatic heterocycles. The van der Waals surface area contributed by atoms with Crippen molar-refractivity contribution in [1.29, 1.82) is 0 Å². The number of amides is 2. The number of halogens is 11. The van der Waals surface area contributed by atoms with Gasteiger partial charge in [-0.3, -0.25) is 33.6 Å². The van der Waals surface area contributed by atoms with Gasteiger partial charge in [0.2, 0.25) is 5.91 Å². The third kappa shape index (κ3) is 38.1. The Labute approximate surface area is 917 Å². The van der Waals surface area contributed by atoms with E-state index in [0.29, 0.717) is 87.5 Å². The molecule has 0 aliphatic heterocycles. The van der Waals surface area contributed by atoms with E-state index < -0.39 is 60.6 Å². The van der Waals surface area contributed by atoms with Crippen LogP contribution in [0.2, 0.25) is 20.1 Å². The van der Waals surface area contributed by atoms with Gasteiger partial charge in [0.15, 0.2) is 35.4 Å². The Balaban J connectivity index is 0.000000230. The number of phenolic OH excluding ortho intramolecular Hbond substituents is 6. The predicted octanol–water partition coefficient (Wildman–Crippen LogP) is 28.1. The number of rotatable bonds is 32. The molecular weight excluding hydrogens is 2610 g/mol. The van der Waals surface area contributed by atoms with Crippen LogP contribution in [0.4, 0.5) is 5.69 Å². The molecule has 0 unspecified atom stereocenters. The summed E-state index contributed by atoms with van der Waals surface area (Å²) in [5.41, 5.74) is 10.4. The van der Waals surface area contributed by atoms with Crippen molar-refractivity contribution in [3.05, 3.63) is 302 Å². The van der Waals surface area contributed by atoms with E-state index in [0.717, 1.165) is 71.0 Å². The highest BCUT2D eigenvalue weighted by molar-refractivity contribution is 14.1. The summed E-state index contributed by atoms with van der Waals surface area (Å²) in [6.45, 7) is 19.0. The van der Waals surface area contributed by atoms with Crippen LogP contribution in [0.25, 0.3) is 0 Å². The van der Waals surface area contributed by atoms with Crippen LogP contribution in [0.5, 0.6) is 97.7 Å². The molecule has 12 aromatic carbocycles. The Morgan fingerprint density at radius 1 is 0.362 bits per heavy atom. The van der Waals surface area contributed by atoms with Gasteiger partial charge >= 0.3 is 35.8 Å². The third-order valence-electron chi connectivity index (χ3n) is 19.6. The average molecular weight is 2700 g/mol. The number of carbonyl (C=O) groups excluding carboxylic acids is 2. The van der Waals surface area contributed by atoms with Gasteiger partial charge in [-0.25, -0.2) is 4.79 Å². The zero-order valence-corrected chi connectivity index (χ0v) is 93.6. The highest BCUT2D eigenvalue weighted by Crippen LogP contribution is 2.46. The topological polar surface area (TPSA) is 459 Å². The van der Waals surface area contributed by atoms with Crippen LogP contribution < -0.4 is 39.1 Å². The Hall–Kier alpha value is -10.2. The van der Waals surface area contributed by atoms with Crippen molar-refractivity contribution in [2.24, 2.45) is 0 Å². The first kappa shape index (κ1) is 118. The first-order valence-electron chi connectivity index (χ1n) is 42.2. The smallest absolute Gasteiger partial charge is 0.341 e. The van der Waals surface area contributed by atoms with E-state index in [9.17, 15) is 69.0 Å². The average Bonchev–Trinajstić information content (AvgIpc) is 0.788. The molecule has 12 aromatic rings. The highest BCUT2D eigenvalue weighted by atomic mass is 127. The van der Waals surface area contributed by atoms with Gasteiger partial charge in [-0.1, -0.05) is 114 Å². The predicted molar refractivity (Wildman–Crippen MR) is 588 cm³/mol. The second-order valence-electron chi connectivity index (χ2n) is 32.1. The molecule has 0 fully saturated rings. The molecule has 0 heterocycles. The molecule has 0 aliphatic rings. The number of carboxylic acid groups (broad SMARTS) is 6. The van der Waals surface area contributed by atoms with Gasteiger partial charge in [0.25, 0.3) is 5.91 Å². The lowest BCUT2D eigenvalue weighted by atomic mass is 9.93. The first-order chi connectivity index (χ1) is 66.2. The van der Waals surface area contributed by atoms with Gasteiger partial charge in [0.1, 0.15) is 82.0 Å². The van der Waals surface area contributed by atoms with Gasteiger partial charge in [-0.15, -0.1) is 0 Å². The fourth-order valence-corrected chi connectivity index (χ4v) is 20.1. The summed E-state index contributed by atoms with van der Waals surface area (Å²) in [5.74, 6) is 0.332. The van der Waals surface area contributed by atoms with Crippen LogP contribution in [0.3, 0.4) is 0 Å². The Morgan fingerprint density at radius 3 is 1.13 bits per heavy atom. The fraction of sp³-hybridized carbons (Fsp3) is 0.216. The molecule has 2 amide bonds. The van der Waals surface area contributed by atoms with Crippen LogP contribution in [-0.4, -0.2) is 122 Å². The number of phenols is 6. The maximum absolute atomic E-state index is 11.9. The molecule has 0 bridgehead atoms. The largest absolute Gasteiger partial charge is 0.508 e. The van der Waals surface area contributed by atoms with Crippen LogP contribution in [0, 0.1) is 31.7 Å². The number of benzene rings is 12. The minimum Gasteiger partial charge on any atom is -0.508 e. The minimum atomic E-state index is -1.20. The second-order valence-corrected chi connectivity index (χ2v) is 41.3. The Kier molecular flexibility index (Phi) is 46.9. The second kappa shape index (κ2) is 56.1. The number of nitrogens with one attached hydrogen (secondary N) is 2. The number of carbonyl (C=O) groups is 8. The van der Waals surface area contributed by atoms with E-state index in [1.165, 1.54) is 35.9 Å². The normalized spacial score (nSPS) is 10.6. The van der Waals surface area contributed by atoms with E-state index in [1.54, 1.807) is 121 Å². The van der Waals surface area contributed by atoms with E-state index in [-0.39, 0.29) is 115 Å². The number of aliphatic carboxylic acids is 6. The summed E-state index contributed by atoms with van der Waals surface area (Å²) in [4.78, 5) is 87.4. The third-order valence-corrected chi connectivity index (χ3v) is 26.0. The van der Waals surface area contributed by atoms with Crippen molar-refractivity contribution >= 4 is 245 Å². The summed E-state index contributed by atoms with van der Waals surface area (Å²) in [7, 11) is 0. The van der Waals surface area contributed by atoms with Crippen LogP contribution in [-0.2, 0) is 59.2 Å². The zero-order chi connectivity index (χ0) is 105. The molecule has 0 saturated heterocycles. The summed E-state index contributed by atoms with van der Waals surface area (Å²) in [6, 6.07) is 52.1. The number of ether oxygens (including phenoxy) is 6. The molecule has 0 saturated carbocycles. The lowest BCUT2D eigenvalue weighted by molar-refractivity contribution is -0.140. The summed E-state index contributed by atoms with van der Waals surface area (Å²) in [6.07, 6.45) is 0.584. The SMILES string of the molecule is CC(C)c1cc(Oc2c(Br)cc(NC(=O)CC(=O)O)cc2Br)ccc1O.CC(C)c1cc(Oc2c(Cl)cc(C(=O)NCC(=O)O)cc2Cl)ccc1O.CC(C)c1cc(Oc2c(Cl)cc(CC(=O)O)cc2Cl)ccc1O.Cc1cc(OCC(=O)O)cc(C)c1Cc1ccc(O)c(C(C)C)c1.O=C(O)CCc1cc(I)c(Oc2ccc(O)cc2)c(I)c1.O=C(O)Cc1cc(I)c(Oc2ccc(O)c(I)c2)c(I)c1. The van der Waals surface area contributed by atoms with Crippen LogP contribution in [0.1, 0.15) is 163 Å². The van der Waals surface area contributed by atoms with E-state index >= 15 is 0 Å². The molecular formula is C102H95Br2Cl4I5N2O26. The minimum absolute atomic E-state index is 0.0105. The quantitative estimate of drug-likeness (QED) is 0.0138. The molecule has 746 valence electrons. The van der Waals surface area contributed by atoms with E-state index in [4.69, 9.17) is 105 Å². The Bertz CT molecular complexity index is 6430. The molecule has 0 radical (unpaired) electrons. The molecule has 39 heteroatoms. The van der Waals surface area contributed by atoms with Crippen molar-refractivity contribution in [1.82, 2.24) is 5.32 Å². The van der Waals surface area contributed by atoms with Crippen molar-refractivity contribution in [3.63, 3.8) is 0 Å². The van der Waals surface area contributed by atoms with Crippen molar-refractivity contribution in [3.8, 4) is 97.7 Å². The van der Waals surface area contributed by atoms with Gasteiger partial charge in [0, 0.05) is 34.4 Å². The number of hydrogen-bond acceptors (Lipinski definition) is 20. The van der Waals surface area contributed by atoms with E-state index in [1.807, 2.05) is 114 Å². The standard InChI is InChI=1S/C20H24O4.C18H17Br2NO5.C18H17Cl2NO5.C17H16Cl2O4.C15H12I2O4.C14H9I3O4/c1-12(2)17-9-15(5-6-19(17)21)10-18-13(3)7-16(8-14(18)4)24-11-20(22)23;1-9(2)12-7-11(3-4-15(12)22)26-18-13(19)5-10(6-14(18)20)21-16(23)8-17(24)25;1-9(2)12-7-11(3-4-15(12)22)26-17-13(19)5-10(6-14(17)20)18(25)21-8-16(23)24;1-9(2)12-8-11(3-4-15(12)20)23-17-13(18)5-10(6-14(17)19)7-16(21)22;16-12-7-9(1-6-14(19)20)8-13(17)15(12)21-11-4-2-10(18)3-5-11;15-9-6-8(1-2-12(9)18)21-14-10(16)3-7(4-11(14)17)5-13(19)20/h5-9,12,21H,10-11H2,1-4H3,(H,22,23);3-7,9,22H,8H2,1-2H3,(H,21,23)(H,24,25);3-7,9,22H,8H2,1-2H3,(H,21,25)(H,23,24);3-6,8-9,20H,7H2,1-2H3,(H,21,22);2-5,7-8,18H,1,6H2,(H,19,20);1-4,6,18H,5H2,(H,19,20). The molecule has 12 rings (SSSR count). The van der Waals surface area contributed by atoms with E-state index in [2.05, 4.69) is 147 Å².